The summed E-state index contributed by atoms with van der Waals surface area (Å²) in [5.74, 6) is 0.912. The van der Waals surface area contributed by atoms with Gasteiger partial charge >= 0.3 is 0 Å². The third-order valence-corrected chi connectivity index (χ3v) is 8.11. The molecule has 3 aromatic carbocycles. The number of piperidine rings is 1. The van der Waals surface area contributed by atoms with E-state index in [1.807, 2.05) is 36.4 Å². The summed E-state index contributed by atoms with van der Waals surface area (Å²) < 4.78 is 0. The van der Waals surface area contributed by atoms with Crippen LogP contribution in [0.15, 0.2) is 72.8 Å². The molecule has 0 bridgehead atoms. The number of nitrogens with zero attached hydrogens (tertiary/aromatic N) is 2. The smallest absolute Gasteiger partial charge is 0.274 e. The van der Waals surface area contributed by atoms with Crippen molar-refractivity contribution in [3.05, 3.63) is 95.1 Å². The highest BCUT2D eigenvalue weighted by atomic mass is 16.5. The number of hydrogen-bond acceptors (Lipinski definition) is 5. The minimum absolute atomic E-state index is 0.471. The molecule has 3 N–H and O–H groups in total. The van der Waals surface area contributed by atoms with Crippen molar-refractivity contribution in [3.63, 3.8) is 0 Å². The van der Waals surface area contributed by atoms with E-state index in [4.69, 9.17) is 10.5 Å². The van der Waals surface area contributed by atoms with Crippen molar-refractivity contribution in [2.75, 3.05) is 26.2 Å². The van der Waals surface area contributed by atoms with E-state index in [1.165, 1.54) is 49.0 Å². The van der Waals surface area contributed by atoms with Crippen molar-refractivity contribution in [2.45, 2.75) is 44.1 Å². The fourth-order valence-electron chi connectivity index (χ4n) is 5.58. The molecular weight excluding hydrogens is 472 g/mol. The van der Waals surface area contributed by atoms with Crippen LogP contribution in [0.1, 0.15) is 58.6 Å². The van der Waals surface area contributed by atoms with Crippen molar-refractivity contribution in [1.29, 1.82) is 5.26 Å². The molecule has 6 nitrogen and oxygen atoms in total. The summed E-state index contributed by atoms with van der Waals surface area (Å²) in [7, 11) is 0. The molecule has 38 heavy (non-hydrogen) atoms. The van der Waals surface area contributed by atoms with Gasteiger partial charge in [-0.1, -0.05) is 48.5 Å². The zero-order valence-electron chi connectivity index (χ0n) is 21.8. The zero-order valence-corrected chi connectivity index (χ0v) is 21.8. The Bertz CT molecular complexity index is 1240. The van der Waals surface area contributed by atoms with Gasteiger partial charge < -0.3 is 10.2 Å². The van der Waals surface area contributed by atoms with Crippen molar-refractivity contribution in [1.82, 2.24) is 15.7 Å². The molecule has 5 rings (SSSR count). The van der Waals surface area contributed by atoms with Crippen molar-refractivity contribution in [3.8, 4) is 17.2 Å². The van der Waals surface area contributed by atoms with Crippen LogP contribution in [0.3, 0.4) is 0 Å². The van der Waals surface area contributed by atoms with Crippen LogP contribution in [-0.2, 0) is 6.42 Å². The van der Waals surface area contributed by atoms with E-state index >= 15 is 0 Å². The second kappa shape index (κ2) is 12.4. The van der Waals surface area contributed by atoms with Crippen LogP contribution in [0.2, 0.25) is 0 Å². The highest BCUT2D eigenvalue weighted by Gasteiger charge is 2.38. The van der Waals surface area contributed by atoms with Gasteiger partial charge in [0.2, 0.25) is 0 Å². The number of carbonyl (C=O) groups excluding carboxylic acids is 1. The number of nitrogens with one attached hydrogen (secondary N) is 2. The molecule has 3 aromatic rings. The molecule has 1 aliphatic carbocycles. The number of rotatable bonds is 10. The molecule has 1 amide bonds. The maximum absolute atomic E-state index is 11.4. The Morgan fingerprint density at radius 2 is 1.61 bits per heavy atom. The summed E-state index contributed by atoms with van der Waals surface area (Å²) in [6, 6.07) is 26.9. The topological polar surface area (TPSA) is 88.4 Å². The monoisotopic (exact) mass is 508 g/mol. The number of aryl methyl sites for hydroxylation is 1. The van der Waals surface area contributed by atoms with Crippen LogP contribution < -0.4 is 10.8 Å². The number of nitriles is 1. The first kappa shape index (κ1) is 26.1. The van der Waals surface area contributed by atoms with Gasteiger partial charge in [-0.2, -0.15) is 5.26 Å². The van der Waals surface area contributed by atoms with E-state index in [9.17, 15) is 4.79 Å². The molecule has 1 saturated heterocycles. The first-order chi connectivity index (χ1) is 18.6. The van der Waals surface area contributed by atoms with Gasteiger partial charge in [0.25, 0.3) is 5.91 Å². The molecule has 0 radical (unpaired) electrons. The van der Waals surface area contributed by atoms with Crippen LogP contribution in [0.5, 0.6) is 0 Å². The number of likely N-dealkylation sites (tertiary alicyclic amines) is 1. The van der Waals surface area contributed by atoms with Crippen molar-refractivity contribution >= 4 is 5.91 Å². The molecule has 0 unspecified atom stereocenters. The number of benzene rings is 3. The predicted molar refractivity (Wildman–Crippen MR) is 149 cm³/mol. The van der Waals surface area contributed by atoms with Gasteiger partial charge in [0, 0.05) is 17.5 Å². The Hall–Kier alpha value is -3.50. The van der Waals surface area contributed by atoms with E-state index < -0.39 is 5.91 Å². The Balaban J connectivity index is 0.979. The Labute approximate surface area is 225 Å². The third-order valence-electron chi connectivity index (χ3n) is 8.11. The van der Waals surface area contributed by atoms with Crippen LogP contribution in [0, 0.1) is 17.2 Å². The first-order valence-electron chi connectivity index (χ1n) is 13.7. The van der Waals surface area contributed by atoms with E-state index in [1.54, 1.807) is 17.6 Å². The minimum Gasteiger partial charge on any atom is -0.313 e. The number of hydrogen-bond donors (Lipinski definition) is 3. The maximum atomic E-state index is 11.4. The summed E-state index contributed by atoms with van der Waals surface area (Å²) in [5, 5.41) is 21.5. The molecular formula is C32H36N4O2. The van der Waals surface area contributed by atoms with Gasteiger partial charge in [0.1, 0.15) is 0 Å². The lowest BCUT2D eigenvalue weighted by Crippen LogP contribution is -2.38. The van der Waals surface area contributed by atoms with Gasteiger partial charge in [-0.3, -0.25) is 10.0 Å². The van der Waals surface area contributed by atoms with Gasteiger partial charge in [0.15, 0.2) is 0 Å². The number of carbonyl (C=O) groups is 1. The van der Waals surface area contributed by atoms with Crippen LogP contribution >= 0.6 is 0 Å². The van der Waals surface area contributed by atoms with E-state index in [2.05, 4.69) is 40.6 Å². The summed E-state index contributed by atoms with van der Waals surface area (Å²) in [5.41, 5.74) is 7.82. The molecule has 0 aromatic heterocycles. The van der Waals surface area contributed by atoms with Crippen molar-refractivity contribution < 1.29 is 10.0 Å². The second-order valence-corrected chi connectivity index (χ2v) is 10.7. The molecule has 2 aliphatic rings. The molecule has 6 heteroatoms. The van der Waals surface area contributed by atoms with Crippen LogP contribution in [-0.4, -0.2) is 48.2 Å². The molecule has 0 spiro atoms. The van der Waals surface area contributed by atoms with Crippen LogP contribution in [0.4, 0.5) is 0 Å². The summed E-state index contributed by atoms with van der Waals surface area (Å²) >= 11 is 0. The lowest BCUT2D eigenvalue weighted by molar-refractivity contribution is 0.0706. The summed E-state index contributed by atoms with van der Waals surface area (Å²) in [6.45, 7) is 4.58. The normalized spacial score (nSPS) is 19.6. The van der Waals surface area contributed by atoms with Crippen molar-refractivity contribution in [2.24, 2.45) is 5.92 Å². The van der Waals surface area contributed by atoms with Gasteiger partial charge in [-0.05, 0) is 111 Å². The molecule has 1 saturated carbocycles. The second-order valence-electron chi connectivity index (χ2n) is 10.7. The first-order valence-corrected chi connectivity index (χ1v) is 13.7. The van der Waals surface area contributed by atoms with Gasteiger partial charge in [-0.25, -0.2) is 5.48 Å². The molecule has 2 atom stereocenters. The third kappa shape index (κ3) is 6.68. The fourth-order valence-corrected chi connectivity index (χ4v) is 5.58. The molecule has 2 fully saturated rings. The SMILES string of the molecule is N#Cc1ccc(-c2ccc([C@H]3C[C@@H]3NCC3CCN(CCCc4ccc(C(=O)NO)cc4)CC3)cc2)cc1. The Morgan fingerprint density at radius 3 is 2.24 bits per heavy atom. The summed E-state index contributed by atoms with van der Waals surface area (Å²) in [6.07, 6.45) is 5.85. The number of hydroxylamine groups is 1. The van der Waals surface area contributed by atoms with E-state index in [0.29, 0.717) is 23.1 Å². The fraction of sp³-hybridized carbons (Fsp3) is 0.375. The molecule has 1 aliphatic heterocycles. The van der Waals surface area contributed by atoms with Gasteiger partial charge in [0.05, 0.1) is 11.6 Å². The lowest BCUT2D eigenvalue weighted by atomic mass is 9.96. The van der Waals surface area contributed by atoms with Gasteiger partial charge in [-0.15, -0.1) is 0 Å². The highest BCUT2D eigenvalue weighted by molar-refractivity contribution is 5.93. The quantitative estimate of drug-likeness (QED) is 0.261. The predicted octanol–water partition coefficient (Wildman–Crippen LogP) is 5.13. The van der Waals surface area contributed by atoms with E-state index in [0.717, 1.165) is 37.4 Å². The van der Waals surface area contributed by atoms with Crippen LogP contribution in [0.25, 0.3) is 11.1 Å². The number of amides is 1. The lowest BCUT2D eigenvalue weighted by Gasteiger charge is -2.32. The minimum atomic E-state index is -0.471. The van der Waals surface area contributed by atoms with E-state index in [-0.39, 0.29) is 0 Å². The average Bonchev–Trinajstić information content (AvgIpc) is 3.76. The standard InChI is InChI=1S/C32H36N4O2/c33-21-24-5-7-26(8-6-24)27-11-13-28(14-12-27)30-20-31(30)34-22-25-15-18-36(19-16-25)17-1-2-23-3-9-29(10-4-23)32(37)35-38/h3-14,25,30-31,34,38H,1-2,15-20,22H2,(H,35,37)/t30-,31+/m1/s1. The molecule has 1 heterocycles. The Morgan fingerprint density at radius 1 is 0.947 bits per heavy atom. The Kier molecular flexibility index (Phi) is 8.50. The zero-order chi connectivity index (χ0) is 26.3. The average molecular weight is 509 g/mol. The maximum Gasteiger partial charge on any atom is 0.274 e. The molecule has 196 valence electrons. The summed E-state index contributed by atoms with van der Waals surface area (Å²) in [4.78, 5) is 14.0. The highest BCUT2D eigenvalue weighted by Crippen LogP contribution is 2.41. The largest absolute Gasteiger partial charge is 0.313 e.